The average Bonchev–Trinajstić information content (AvgIpc) is 1.70. The molecule has 0 aliphatic heterocycles. The van der Waals surface area contributed by atoms with Gasteiger partial charge in [0.15, 0.2) is 17.5 Å². The molecular weight excluding hydrogens is 1410 g/mol. The van der Waals surface area contributed by atoms with Gasteiger partial charge < -0.3 is 49.1 Å². The van der Waals surface area contributed by atoms with Gasteiger partial charge >= 0.3 is 18.5 Å². The lowest BCUT2D eigenvalue weighted by Crippen LogP contribution is -2.43. The molecule has 0 atom stereocenters. The standard InChI is InChI=1S/2C25H29F3N6O2.C24H27F3N6O2/c26-25(27,28)13-16-2-1-3-17(12-16)14-31-19-6-8-24(9-7-19,10-11-29)34-15-20(21(30)35)22(33-34)32-23(36)18-4-5-18;26-25(27,28)13-17-3-1-2-4-18(17)14-31-19-7-9-24(10-8-19,11-12-29)34-15-20(21(30)35)22(33-34)32-23(36)16-5-6-16;25-24(26,27)19-4-2-1-3-16(19)13-30-17-7-9-23(10-8-17,11-12-28)33-14-18(20(29)34)21(32-33)31-22(35)15-5-6-15/h1-3,12,15,18-19,31H,4-10,13-14H2,(H2,30,35)(H,32,33,36);1-4,15-16,19,31H,5-11,13-14H2,(H2,30,35)(H,32,33,36);1-4,14-15,17,30H,5-11,13H2,(H2,29,34)(H,31,32,35). The molecule has 6 aliphatic carbocycles. The zero-order chi connectivity index (χ0) is 77.1. The summed E-state index contributed by atoms with van der Waals surface area (Å²) in [5, 5.41) is 60.0. The lowest BCUT2D eigenvalue weighted by molar-refractivity contribution is -0.138. The molecule has 6 saturated carbocycles. The van der Waals surface area contributed by atoms with Crippen molar-refractivity contribution in [3.63, 3.8) is 0 Å². The van der Waals surface area contributed by atoms with E-state index >= 15 is 0 Å². The van der Waals surface area contributed by atoms with Gasteiger partial charge in [0, 0.05) is 74.1 Å². The summed E-state index contributed by atoms with van der Waals surface area (Å²) < 4.78 is 121. The number of hydrogen-bond acceptors (Lipinski definition) is 15. The van der Waals surface area contributed by atoms with Gasteiger partial charge in [0.25, 0.3) is 17.7 Å². The summed E-state index contributed by atoms with van der Waals surface area (Å²) in [6.07, 6.45) is 2.21. The Morgan fingerprint density at radius 2 is 0.757 bits per heavy atom. The fourth-order valence-corrected chi connectivity index (χ4v) is 14.3. The van der Waals surface area contributed by atoms with Crippen LogP contribution in [0.4, 0.5) is 57.0 Å². The number of alkyl halides is 9. The number of hydrogen-bond donors (Lipinski definition) is 9. The second kappa shape index (κ2) is 33.7. The molecule has 12 N–H and O–H groups in total. The number of carbonyl (C=O) groups is 6. The number of primary amides is 3. The molecule has 6 amide bonds. The molecule has 3 heterocycles. The third-order valence-corrected chi connectivity index (χ3v) is 20.9. The molecule has 0 saturated heterocycles. The van der Waals surface area contributed by atoms with E-state index in [1.54, 1.807) is 56.5 Å². The molecule has 6 aliphatic rings. The lowest BCUT2D eigenvalue weighted by atomic mass is 9.77. The van der Waals surface area contributed by atoms with Crippen molar-refractivity contribution in [1.82, 2.24) is 45.3 Å². The minimum atomic E-state index is -4.42. The van der Waals surface area contributed by atoms with Gasteiger partial charge in [-0.1, -0.05) is 66.7 Å². The molecule has 0 spiro atoms. The van der Waals surface area contributed by atoms with Crippen molar-refractivity contribution < 1.29 is 68.3 Å². The number of nitriles is 3. The van der Waals surface area contributed by atoms with Crippen LogP contribution >= 0.6 is 0 Å². The fourth-order valence-electron chi connectivity index (χ4n) is 14.3. The van der Waals surface area contributed by atoms with Crippen LogP contribution in [0.3, 0.4) is 0 Å². The Hall–Kier alpha value is -10.2. The number of aromatic nitrogens is 6. The molecule has 12 rings (SSSR count). The topological polar surface area (TPSA) is 377 Å². The molecule has 107 heavy (non-hydrogen) atoms. The average molecular weight is 1490 g/mol. The maximum absolute atomic E-state index is 13.3. The first-order valence-electron chi connectivity index (χ1n) is 35.7. The number of nitrogens with two attached hydrogens (primary N) is 3. The molecule has 33 heteroatoms. The van der Waals surface area contributed by atoms with Gasteiger partial charge in [-0.05, 0) is 149 Å². The van der Waals surface area contributed by atoms with Gasteiger partial charge in [-0.3, -0.25) is 42.8 Å². The van der Waals surface area contributed by atoms with E-state index in [0.717, 1.165) is 50.2 Å². The predicted octanol–water partition coefficient (Wildman–Crippen LogP) is 11.2. The maximum atomic E-state index is 13.3. The van der Waals surface area contributed by atoms with Crippen LogP contribution in [0.1, 0.15) is 199 Å². The molecule has 6 fully saturated rings. The molecular formula is C74H85F9N18O6. The normalized spacial score (nSPS) is 22.2. The molecule has 24 nitrogen and oxygen atoms in total. The van der Waals surface area contributed by atoms with Crippen LogP contribution in [0.15, 0.2) is 91.4 Å². The predicted molar refractivity (Wildman–Crippen MR) is 372 cm³/mol. The summed E-state index contributed by atoms with van der Waals surface area (Å²) in [5.74, 6) is -2.66. The van der Waals surface area contributed by atoms with Crippen molar-refractivity contribution >= 4 is 52.9 Å². The highest BCUT2D eigenvalue weighted by atomic mass is 19.4. The van der Waals surface area contributed by atoms with E-state index in [2.05, 4.69) is 65.4 Å². The van der Waals surface area contributed by atoms with E-state index in [0.29, 0.717) is 95.7 Å². The summed E-state index contributed by atoms with van der Waals surface area (Å²) in [7, 11) is 0. The Labute approximate surface area is 611 Å². The number of amides is 6. The second-order valence-corrected chi connectivity index (χ2v) is 28.9. The molecule has 6 aromatic rings. The quantitative estimate of drug-likeness (QED) is 0.0228. The van der Waals surface area contributed by atoms with E-state index < -0.39 is 71.3 Å². The molecule has 0 bridgehead atoms. The van der Waals surface area contributed by atoms with Crippen LogP contribution in [0.25, 0.3) is 0 Å². The van der Waals surface area contributed by atoms with Crippen molar-refractivity contribution in [2.75, 3.05) is 16.0 Å². The van der Waals surface area contributed by atoms with Gasteiger partial charge in [0.2, 0.25) is 17.7 Å². The van der Waals surface area contributed by atoms with E-state index in [1.807, 2.05) is 0 Å². The summed E-state index contributed by atoms with van der Waals surface area (Å²) >= 11 is 0. The second-order valence-electron chi connectivity index (χ2n) is 28.9. The largest absolute Gasteiger partial charge is 0.416 e. The number of halogens is 9. The third-order valence-electron chi connectivity index (χ3n) is 20.9. The Kier molecular flexibility index (Phi) is 25.0. The van der Waals surface area contributed by atoms with Gasteiger partial charge in [-0.2, -0.15) is 70.6 Å². The van der Waals surface area contributed by atoms with Gasteiger partial charge in [0.1, 0.15) is 16.7 Å². The first kappa shape index (κ1) is 79.4. The Bertz CT molecular complexity index is 4320. The van der Waals surface area contributed by atoms with Crippen molar-refractivity contribution in [3.8, 4) is 18.2 Å². The maximum Gasteiger partial charge on any atom is 0.416 e. The summed E-state index contributed by atoms with van der Waals surface area (Å²) in [6, 6.07) is 25.2. The molecule has 3 aromatic heterocycles. The highest BCUT2D eigenvalue weighted by Gasteiger charge is 2.44. The Balaban J connectivity index is 0.000000172. The van der Waals surface area contributed by atoms with Crippen molar-refractivity contribution in [2.24, 2.45) is 35.0 Å². The summed E-state index contributed by atoms with van der Waals surface area (Å²) in [5.41, 5.74) is 16.2. The van der Waals surface area contributed by atoms with Crippen LogP contribution in [0.5, 0.6) is 0 Å². The van der Waals surface area contributed by atoms with Crippen molar-refractivity contribution in [2.45, 2.75) is 221 Å². The van der Waals surface area contributed by atoms with Crippen molar-refractivity contribution in [1.29, 1.82) is 15.8 Å². The van der Waals surface area contributed by atoms with Gasteiger partial charge in [-0.25, -0.2) is 0 Å². The number of nitrogens with one attached hydrogen (secondary N) is 6. The van der Waals surface area contributed by atoms with Gasteiger partial charge in [-0.15, -0.1) is 0 Å². The SMILES string of the molecule is N#CCC1(n2cc(C(N)=O)c(NC(=O)C3CC3)n2)CCC(NCc2cccc(CC(F)(F)F)c2)CC1.N#CCC1(n2cc(C(N)=O)c(NC(=O)C3CC3)n2)CCC(NCc2ccccc2C(F)(F)F)CC1.N#CCC1(n2cc(C(N)=O)c(NC(=O)C3CC3)n2)CCC(NCc2ccccc2CC(F)(F)F)CC1. The molecule has 3 aromatic carbocycles. The highest BCUT2D eigenvalue weighted by Crippen LogP contribution is 2.44. The molecule has 0 unspecified atom stereocenters. The molecule has 0 radical (unpaired) electrons. The van der Waals surface area contributed by atoms with Crippen LogP contribution < -0.4 is 49.1 Å². The minimum absolute atomic E-state index is 0.0386. The smallest absolute Gasteiger partial charge is 0.365 e. The number of carbonyl (C=O) groups excluding carboxylic acids is 6. The minimum Gasteiger partial charge on any atom is -0.365 e. The van der Waals surface area contributed by atoms with Crippen LogP contribution in [-0.2, 0) is 69.7 Å². The van der Waals surface area contributed by atoms with E-state index in [-0.39, 0.29) is 130 Å². The number of benzene rings is 3. The van der Waals surface area contributed by atoms with E-state index in [9.17, 15) is 84.1 Å². The first-order chi connectivity index (χ1) is 50.8. The number of nitrogens with zero attached hydrogens (tertiary/aromatic N) is 9. The van der Waals surface area contributed by atoms with E-state index in [1.165, 1.54) is 42.9 Å². The lowest BCUT2D eigenvalue weighted by Gasteiger charge is -2.39. The zero-order valence-corrected chi connectivity index (χ0v) is 58.6. The molecule has 570 valence electrons. The number of rotatable bonds is 26. The van der Waals surface area contributed by atoms with Crippen LogP contribution in [0, 0.1) is 51.7 Å². The van der Waals surface area contributed by atoms with Crippen LogP contribution in [0.2, 0.25) is 0 Å². The van der Waals surface area contributed by atoms with Gasteiger partial charge in [0.05, 0.1) is 72.5 Å². The number of anilines is 3. The fraction of sp³-hybridized carbons (Fsp3) is 0.514. The summed E-state index contributed by atoms with van der Waals surface area (Å²) in [4.78, 5) is 72.7. The first-order valence-corrected chi connectivity index (χ1v) is 35.7. The third kappa shape index (κ3) is 21.1. The summed E-state index contributed by atoms with van der Waals surface area (Å²) in [6.45, 7) is 0.830. The van der Waals surface area contributed by atoms with E-state index in [4.69, 9.17) is 17.2 Å². The van der Waals surface area contributed by atoms with Crippen molar-refractivity contribution in [3.05, 3.63) is 141 Å². The monoisotopic (exact) mass is 1490 g/mol. The highest BCUT2D eigenvalue weighted by molar-refractivity contribution is 6.04. The Morgan fingerprint density at radius 3 is 1.09 bits per heavy atom. The zero-order valence-electron chi connectivity index (χ0n) is 58.6. The Morgan fingerprint density at radius 1 is 0.430 bits per heavy atom. The van der Waals surface area contributed by atoms with Crippen LogP contribution in [-0.4, -0.2) is 95.3 Å².